The third kappa shape index (κ3) is 3.09. The molecular formula is C19H23N5O. The van der Waals surface area contributed by atoms with Gasteiger partial charge in [0.2, 0.25) is 0 Å². The van der Waals surface area contributed by atoms with Crippen LogP contribution in [0.1, 0.15) is 30.3 Å². The number of nitrogens with zero attached hydrogens (tertiary/aromatic N) is 5. The van der Waals surface area contributed by atoms with Crippen molar-refractivity contribution in [1.82, 2.24) is 19.5 Å². The van der Waals surface area contributed by atoms with Gasteiger partial charge < -0.3 is 14.2 Å². The zero-order valence-electron chi connectivity index (χ0n) is 14.7. The number of piperidine rings is 1. The third-order valence-electron chi connectivity index (χ3n) is 5.01. The number of methoxy groups -OCH3 is 1. The highest BCUT2D eigenvalue weighted by Gasteiger charge is 2.25. The number of fused-ring (bicyclic) bond motifs is 1. The lowest BCUT2D eigenvalue weighted by molar-refractivity contribution is 0.181. The van der Waals surface area contributed by atoms with E-state index in [1.54, 1.807) is 13.4 Å². The lowest BCUT2D eigenvalue weighted by Gasteiger charge is -2.32. The van der Waals surface area contributed by atoms with Crippen molar-refractivity contribution in [2.24, 2.45) is 7.05 Å². The summed E-state index contributed by atoms with van der Waals surface area (Å²) in [5.41, 5.74) is 3.22. The van der Waals surface area contributed by atoms with Gasteiger partial charge in [0, 0.05) is 39.2 Å². The van der Waals surface area contributed by atoms with Crippen LogP contribution in [0.4, 0.5) is 5.82 Å². The van der Waals surface area contributed by atoms with Crippen LogP contribution in [0, 0.1) is 0 Å². The van der Waals surface area contributed by atoms with E-state index < -0.39 is 0 Å². The molecule has 1 aliphatic rings. The second-order valence-corrected chi connectivity index (χ2v) is 6.58. The molecule has 0 amide bonds. The third-order valence-corrected chi connectivity index (χ3v) is 5.01. The molecule has 0 saturated carbocycles. The standard InChI is InChI=1S/C19H23N5O/c1-23-17-6-4-3-5-16(17)22-19(23)14-7-9-24(10-8-14)18-11-15(12-25-2)20-13-21-18/h3-6,11,13-14H,7-10,12H2,1-2H3. The Hall–Kier alpha value is -2.47. The predicted molar refractivity (Wildman–Crippen MR) is 97.6 cm³/mol. The summed E-state index contributed by atoms with van der Waals surface area (Å²) in [6, 6.07) is 10.4. The molecule has 6 nitrogen and oxygen atoms in total. The average Bonchev–Trinajstić information content (AvgIpc) is 3.00. The quantitative estimate of drug-likeness (QED) is 0.733. The molecule has 1 aromatic carbocycles. The lowest BCUT2D eigenvalue weighted by Crippen LogP contribution is -2.34. The van der Waals surface area contributed by atoms with Gasteiger partial charge >= 0.3 is 0 Å². The summed E-state index contributed by atoms with van der Waals surface area (Å²) in [5.74, 6) is 2.68. The van der Waals surface area contributed by atoms with Gasteiger partial charge in [0.1, 0.15) is 18.0 Å². The van der Waals surface area contributed by atoms with Gasteiger partial charge in [-0.25, -0.2) is 15.0 Å². The Morgan fingerprint density at radius 2 is 1.96 bits per heavy atom. The van der Waals surface area contributed by atoms with Crippen LogP contribution in [0.15, 0.2) is 36.7 Å². The number of anilines is 1. The number of aryl methyl sites for hydroxylation is 1. The summed E-state index contributed by atoms with van der Waals surface area (Å²) in [7, 11) is 3.81. The Balaban J connectivity index is 1.49. The summed E-state index contributed by atoms with van der Waals surface area (Å²) < 4.78 is 7.41. The van der Waals surface area contributed by atoms with Gasteiger partial charge in [-0.05, 0) is 25.0 Å². The minimum absolute atomic E-state index is 0.494. The molecule has 130 valence electrons. The number of imidazole rings is 1. The maximum absolute atomic E-state index is 5.17. The molecule has 3 heterocycles. The maximum atomic E-state index is 5.17. The first kappa shape index (κ1) is 16.0. The minimum atomic E-state index is 0.494. The molecule has 3 aromatic rings. The number of para-hydroxylation sites is 2. The van der Waals surface area contributed by atoms with Gasteiger partial charge in [-0.1, -0.05) is 12.1 Å². The summed E-state index contributed by atoms with van der Waals surface area (Å²) in [5, 5.41) is 0. The molecule has 0 aliphatic carbocycles. The number of rotatable bonds is 4. The van der Waals surface area contributed by atoms with Gasteiger partial charge in [-0.3, -0.25) is 0 Å². The molecule has 1 fully saturated rings. The van der Waals surface area contributed by atoms with E-state index in [0.29, 0.717) is 12.5 Å². The first-order valence-corrected chi connectivity index (χ1v) is 8.72. The van der Waals surface area contributed by atoms with Gasteiger partial charge in [0.25, 0.3) is 0 Å². The Morgan fingerprint density at radius 3 is 2.72 bits per heavy atom. The zero-order chi connectivity index (χ0) is 17.2. The largest absolute Gasteiger partial charge is 0.378 e. The molecule has 6 heteroatoms. The molecule has 1 aliphatic heterocycles. The van der Waals surface area contributed by atoms with Crippen LogP contribution >= 0.6 is 0 Å². The maximum Gasteiger partial charge on any atom is 0.132 e. The van der Waals surface area contributed by atoms with E-state index in [1.165, 1.54) is 11.3 Å². The topological polar surface area (TPSA) is 56.1 Å². The molecule has 0 spiro atoms. The number of hydrogen-bond donors (Lipinski definition) is 0. The predicted octanol–water partition coefficient (Wildman–Crippen LogP) is 2.89. The molecular weight excluding hydrogens is 314 g/mol. The summed E-state index contributed by atoms with van der Waals surface area (Å²) in [4.78, 5) is 15.9. The normalized spacial score (nSPS) is 15.8. The van der Waals surface area contributed by atoms with Crippen LogP contribution in [0.5, 0.6) is 0 Å². The van der Waals surface area contributed by atoms with Crippen molar-refractivity contribution >= 4 is 16.9 Å². The van der Waals surface area contributed by atoms with E-state index in [9.17, 15) is 0 Å². The van der Waals surface area contributed by atoms with Crippen LogP contribution in [-0.2, 0) is 18.4 Å². The molecule has 4 rings (SSSR count). The molecule has 0 atom stereocenters. The van der Waals surface area contributed by atoms with Crippen LogP contribution in [0.25, 0.3) is 11.0 Å². The van der Waals surface area contributed by atoms with Crippen molar-refractivity contribution in [2.45, 2.75) is 25.4 Å². The molecule has 0 unspecified atom stereocenters. The fraction of sp³-hybridized carbons (Fsp3) is 0.421. The SMILES string of the molecule is COCc1cc(N2CCC(c3nc4ccccc4n3C)CC2)ncn1. The number of benzene rings is 1. The van der Waals surface area contributed by atoms with E-state index in [0.717, 1.165) is 43.0 Å². The highest BCUT2D eigenvalue weighted by Crippen LogP contribution is 2.31. The van der Waals surface area contributed by atoms with E-state index in [2.05, 4.69) is 50.7 Å². The molecule has 2 aromatic heterocycles. The van der Waals surface area contributed by atoms with Crippen molar-refractivity contribution in [3.05, 3.63) is 48.2 Å². The van der Waals surface area contributed by atoms with Crippen LogP contribution in [-0.4, -0.2) is 39.7 Å². The number of ether oxygens (including phenoxy) is 1. The summed E-state index contributed by atoms with van der Waals surface area (Å²) >= 11 is 0. The summed E-state index contributed by atoms with van der Waals surface area (Å²) in [6.45, 7) is 2.49. The molecule has 1 saturated heterocycles. The average molecular weight is 337 g/mol. The van der Waals surface area contributed by atoms with Crippen molar-refractivity contribution in [3.8, 4) is 0 Å². The Kier molecular flexibility index (Phi) is 4.36. The molecule has 0 N–H and O–H groups in total. The number of aromatic nitrogens is 4. The molecule has 25 heavy (non-hydrogen) atoms. The van der Waals surface area contributed by atoms with Crippen molar-refractivity contribution in [1.29, 1.82) is 0 Å². The smallest absolute Gasteiger partial charge is 0.132 e. The van der Waals surface area contributed by atoms with Gasteiger partial charge in [0.05, 0.1) is 23.3 Å². The summed E-state index contributed by atoms with van der Waals surface area (Å²) in [6.07, 6.45) is 3.79. The second kappa shape index (κ2) is 6.80. The van der Waals surface area contributed by atoms with Gasteiger partial charge in [-0.2, -0.15) is 0 Å². The van der Waals surface area contributed by atoms with Crippen molar-refractivity contribution in [2.75, 3.05) is 25.1 Å². The highest BCUT2D eigenvalue weighted by atomic mass is 16.5. The van der Waals surface area contributed by atoms with E-state index >= 15 is 0 Å². The van der Waals surface area contributed by atoms with E-state index in [4.69, 9.17) is 9.72 Å². The first-order chi connectivity index (χ1) is 12.3. The van der Waals surface area contributed by atoms with Crippen LogP contribution < -0.4 is 4.90 Å². The van der Waals surface area contributed by atoms with Crippen LogP contribution in [0.3, 0.4) is 0 Å². The Morgan fingerprint density at radius 1 is 1.16 bits per heavy atom. The monoisotopic (exact) mass is 337 g/mol. The van der Waals surface area contributed by atoms with E-state index in [1.807, 2.05) is 6.07 Å². The number of hydrogen-bond acceptors (Lipinski definition) is 5. The Labute approximate surface area is 147 Å². The Bertz CT molecular complexity index is 867. The zero-order valence-corrected chi connectivity index (χ0v) is 14.7. The van der Waals surface area contributed by atoms with Crippen molar-refractivity contribution < 1.29 is 4.74 Å². The fourth-order valence-corrected chi connectivity index (χ4v) is 3.68. The first-order valence-electron chi connectivity index (χ1n) is 8.72. The van der Waals surface area contributed by atoms with Crippen LogP contribution in [0.2, 0.25) is 0 Å². The second-order valence-electron chi connectivity index (χ2n) is 6.58. The minimum Gasteiger partial charge on any atom is -0.378 e. The van der Waals surface area contributed by atoms with Gasteiger partial charge in [-0.15, -0.1) is 0 Å². The van der Waals surface area contributed by atoms with E-state index in [-0.39, 0.29) is 0 Å². The molecule has 0 bridgehead atoms. The fourth-order valence-electron chi connectivity index (χ4n) is 3.68. The lowest BCUT2D eigenvalue weighted by atomic mass is 9.96. The van der Waals surface area contributed by atoms with Gasteiger partial charge in [0.15, 0.2) is 0 Å². The molecule has 0 radical (unpaired) electrons. The van der Waals surface area contributed by atoms with Crippen molar-refractivity contribution in [3.63, 3.8) is 0 Å². The highest BCUT2D eigenvalue weighted by molar-refractivity contribution is 5.75.